The highest BCUT2D eigenvalue weighted by atomic mass is 19.1. The van der Waals surface area contributed by atoms with Gasteiger partial charge >= 0.3 is 5.97 Å². The molecule has 1 atom stereocenters. The second kappa shape index (κ2) is 11.2. The van der Waals surface area contributed by atoms with Crippen LogP contribution in [0.4, 0.5) is 4.39 Å². The van der Waals surface area contributed by atoms with Gasteiger partial charge in [0.05, 0.1) is 11.5 Å². The molecule has 6 nitrogen and oxygen atoms in total. The van der Waals surface area contributed by atoms with Crippen LogP contribution >= 0.6 is 0 Å². The lowest BCUT2D eigenvalue weighted by molar-refractivity contribution is 0.0734. The van der Waals surface area contributed by atoms with E-state index in [1.54, 1.807) is 42.5 Å². The van der Waals surface area contributed by atoms with Crippen molar-refractivity contribution in [3.8, 4) is 23.3 Å². The molecule has 2 N–H and O–H groups in total. The summed E-state index contributed by atoms with van der Waals surface area (Å²) < 4.78 is 30.6. The van der Waals surface area contributed by atoms with Gasteiger partial charge in [0.1, 0.15) is 41.3 Å². The molecule has 0 aliphatic carbocycles. The summed E-state index contributed by atoms with van der Waals surface area (Å²) in [5, 5.41) is 9.93. The minimum Gasteiger partial charge on any atom is -0.489 e. The molecule has 0 spiro atoms. The molecule has 0 saturated heterocycles. The van der Waals surface area contributed by atoms with Gasteiger partial charge in [0.25, 0.3) is 0 Å². The van der Waals surface area contributed by atoms with Crippen LogP contribution < -0.4 is 19.9 Å². The van der Waals surface area contributed by atoms with Crippen molar-refractivity contribution in [1.29, 1.82) is 5.26 Å². The molecule has 0 saturated carbocycles. The summed E-state index contributed by atoms with van der Waals surface area (Å²) in [4.78, 5) is 12.8. The molecule has 0 fully saturated rings. The molecule has 206 valence electrons. The van der Waals surface area contributed by atoms with Crippen LogP contribution in [0.5, 0.6) is 17.2 Å². The van der Waals surface area contributed by atoms with Crippen LogP contribution in [0.2, 0.25) is 0 Å². The van der Waals surface area contributed by atoms with Gasteiger partial charge in [-0.15, -0.1) is 0 Å². The Labute approximate surface area is 238 Å². The number of fused-ring (bicyclic) bond motifs is 1. The first-order valence-corrected chi connectivity index (χ1v) is 13.1. The molecule has 1 heterocycles. The smallest absolute Gasteiger partial charge is 0.343 e. The molecule has 1 unspecified atom stereocenters. The van der Waals surface area contributed by atoms with Crippen molar-refractivity contribution >= 4 is 5.97 Å². The molecule has 4 aromatic rings. The van der Waals surface area contributed by atoms with E-state index in [0.717, 1.165) is 16.7 Å². The van der Waals surface area contributed by atoms with Gasteiger partial charge in [-0.05, 0) is 64.6 Å². The van der Waals surface area contributed by atoms with Gasteiger partial charge in [-0.2, -0.15) is 5.26 Å². The number of rotatable bonds is 6. The van der Waals surface area contributed by atoms with E-state index in [2.05, 4.69) is 26.8 Å². The minimum absolute atomic E-state index is 0.0242. The number of nitriles is 1. The molecule has 1 aliphatic rings. The lowest BCUT2D eigenvalue weighted by Crippen LogP contribution is -2.21. The first kappa shape index (κ1) is 27.5. The summed E-state index contributed by atoms with van der Waals surface area (Å²) in [5.74, 6) is -0.0926. The summed E-state index contributed by atoms with van der Waals surface area (Å²) in [6.07, 6.45) is 0. The number of nitrogens with zero attached hydrogens (tertiary/aromatic N) is 1. The third-order valence-electron chi connectivity index (χ3n) is 6.90. The molecule has 7 heteroatoms. The van der Waals surface area contributed by atoms with Gasteiger partial charge in [-0.25, -0.2) is 9.18 Å². The number of benzene rings is 4. The fourth-order valence-corrected chi connectivity index (χ4v) is 4.65. The summed E-state index contributed by atoms with van der Waals surface area (Å²) in [7, 11) is 0. The fraction of sp³-hybridized carbons (Fsp3) is 0.176. The standard InChI is InChI=1S/C34H29FN2O4/c1-34(2,3)24-11-9-22(10-12-24)33(38)40-27-15-16-28-30(18-27)41-32(37)29(19-36)31(28)23-5-4-6-26(17-23)39-20-21-7-13-25(35)14-8-21/h4-18,31H,20,37H2,1-3H3. The van der Waals surface area contributed by atoms with Crippen molar-refractivity contribution in [3.63, 3.8) is 0 Å². The number of allylic oxidation sites excluding steroid dienone is 1. The number of ether oxygens (including phenoxy) is 3. The Morgan fingerprint density at radius 1 is 0.976 bits per heavy atom. The van der Waals surface area contributed by atoms with Crippen LogP contribution in [-0.4, -0.2) is 5.97 Å². The average molecular weight is 549 g/mol. The van der Waals surface area contributed by atoms with E-state index in [-0.39, 0.29) is 35.0 Å². The predicted molar refractivity (Wildman–Crippen MR) is 153 cm³/mol. The molecule has 0 aromatic heterocycles. The van der Waals surface area contributed by atoms with E-state index in [0.29, 0.717) is 22.6 Å². The summed E-state index contributed by atoms with van der Waals surface area (Å²) >= 11 is 0. The first-order valence-electron chi connectivity index (χ1n) is 13.1. The maximum Gasteiger partial charge on any atom is 0.343 e. The predicted octanol–water partition coefficient (Wildman–Crippen LogP) is 7.14. The van der Waals surface area contributed by atoms with Crippen LogP contribution in [-0.2, 0) is 12.0 Å². The van der Waals surface area contributed by atoms with Crippen LogP contribution in [0.25, 0.3) is 0 Å². The van der Waals surface area contributed by atoms with Crippen LogP contribution in [0.3, 0.4) is 0 Å². The maximum absolute atomic E-state index is 13.2. The number of halogens is 1. The Kier molecular flexibility index (Phi) is 7.50. The van der Waals surface area contributed by atoms with E-state index >= 15 is 0 Å². The van der Waals surface area contributed by atoms with Crippen molar-refractivity contribution in [2.24, 2.45) is 5.73 Å². The molecule has 1 aliphatic heterocycles. The molecule has 41 heavy (non-hydrogen) atoms. The highest BCUT2D eigenvalue weighted by molar-refractivity contribution is 5.91. The first-order chi connectivity index (χ1) is 19.6. The van der Waals surface area contributed by atoms with E-state index in [4.69, 9.17) is 19.9 Å². The van der Waals surface area contributed by atoms with Crippen molar-refractivity contribution in [2.75, 3.05) is 0 Å². The Hall–Kier alpha value is -5.09. The second-order valence-corrected chi connectivity index (χ2v) is 10.8. The largest absolute Gasteiger partial charge is 0.489 e. The van der Waals surface area contributed by atoms with Crippen LogP contribution in [0.15, 0.2) is 102 Å². The summed E-state index contributed by atoms with van der Waals surface area (Å²) in [6, 6.07) is 28.0. The number of carbonyl (C=O) groups is 1. The SMILES string of the molecule is CC(C)(C)c1ccc(C(=O)Oc2ccc3c(c2)OC(N)=C(C#N)C3c2cccc(OCc3ccc(F)cc3)c2)cc1. The molecular formula is C34H29FN2O4. The van der Waals surface area contributed by atoms with Crippen molar-refractivity contribution < 1.29 is 23.4 Å². The Balaban J connectivity index is 1.38. The average Bonchev–Trinajstić information content (AvgIpc) is 2.96. The topological polar surface area (TPSA) is 94.6 Å². The zero-order valence-corrected chi connectivity index (χ0v) is 23.0. The number of hydrogen-bond acceptors (Lipinski definition) is 6. The Morgan fingerprint density at radius 3 is 2.39 bits per heavy atom. The molecule has 5 rings (SSSR count). The monoisotopic (exact) mass is 548 g/mol. The second-order valence-electron chi connectivity index (χ2n) is 10.8. The highest BCUT2D eigenvalue weighted by Gasteiger charge is 2.31. The lowest BCUT2D eigenvalue weighted by Gasteiger charge is -2.27. The van der Waals surface area contributed by atoms with E-state index in [1.165, 1.54) is 12.1 Å². The van der Waals surface area contributed by atoms with Gasteiger partial charge in [0, 0.05) is 11.6 Å². The number of hydrogen-bond donors (Lipinski definition) is 1. The number of nitrogens with two attached hydrogens (primary N) is 1. The zero-order valence-electron chi connectivity index (χ0n) is 23.0. The summed E-state index contributed by atoms with van der Waals surface area (Å²) in [5.41, 5.74) is 10.2. The van der Waals surface area contributed by atoms with Crippen molar-refractivity contribution in [2.45, 2.75) is 38.7 Å². The molecule has 0 radical (unpaired) electrons. The molecule has 0 amide bonds. The molecular weight excluding hydrogens is 519 g/mol. The normalized spacial score (nSPS) is 14.5. The van der Waals surface area contributed by atoms with Crippen molar-refractivity contribution in [1.82, 2.24) is 0 Å². The molecule has 0 bridgehead atoms. The van der Waals surface area contributed by atoms with Crippen molar-refractivity contribution in [3.05, 3.63) is 136 Å². The summed E-state index contributed by atoms with van der Waals surface area (Å²) in [6.45, 7) is 6.58. The highest BCUT2D eigenvalue weighted by Crippen LogP contribution is 2.44. The zero-order chi connectivity index (χ0) is 29.1. The van der Waals surface area contributed by atoms with E-state index < -0.39 is 11.9 Å². The van der Waals surface area contributed by atoms with Crippen LogP contribution in [0, 0.1) is 17.1 Å². The third kappa shape index (κ3) is 6.07. The van der Waals surface area contributed by atoms with Gasteiger partial charge in [0.2, 0.25) is 5.88 Å². The number of esters is 1. The van der Waals surface area contributed by atoms with Gasteiger partial charge in [-0.3, -0.25) is 0 Å². The lowest BCUT2D eigenvalue weighted by atomic mass is 9.83. The quantitative estimate of drug-likeness (QED) is 0.203. The van der Waals surface area contributed by atoms with Gasteiger partial charge in [0.15, 0.2) is 0 Å². The Bertz CT molecular complexity index is 1660. The minimum atomic E-state index is -0.521. The van der Waals surface area contributed by atoms with Gasteiger partial charge < -0.3 is 19.9 Å². The fourth-order valence-electron chi connectivity index (χ4n) is 4.65. The Morgan fingerprint density at radius 2 is 1.71 bits per heavy atom. The maximum atomic E-state index is 13.2. The third-order valence-corrected chi connectivity index (χ3v) is 6.90. The van der Waals surface area contributed by atoms with E-state index in [9.17, 15) is 14.4 Å². The van der Waals surface area contributed by atoms with Crippen LogP contribution in [0.1, 0.15) is 59.3 Å². The number of carbonyl (C=O) groups excluding carboxylic acids is 1. The van der Waals surface area contributed by atoms with Gasteiger partial charge in [-0.1, -0.05) is 63.2 Å². The van der Waals surface area contributed by atoms with E-state index in [1.807, 2.05) is 36.4 Å². The molecule has 4 aromatic carbocycles.